The van der Waals surface area contributed by atoms with E-state index in [0.29, 0.717) is 28.5 Å². The number of amides is 1. The summed E-state index contributed by atoms with van der Waals surface area (Å²) in [5, 5.41) is 6.70. The third kappa shape index (κ3) is 6.03. The van der Waals surface area contributed by atoms with Crippen molar-refractivity contribution >= 4 is 34.9 Å². The number of carbonyl (C=O) groups excluding carboxylic acids is 2. The fraction of sp³-hybridized carbons (Fsp3) is 0.370. The number of nitrogens with one attached hydrogen (secondary N) is 2. The van der Waals surface area contributed by atoms with Gasteiger partial charge in [0.25, 0.3) is 5.91 Å². The molecule has 2 aromatic carbocycles. The Balaban J connectivity index is 1.72. The molecule has 1 amide bonds. The number of hydrogen-bond donors (Lipinski definition) is 2. The van der Waals surface area contributed by atoms with E-state index in [1.807, 2.05) is 62.5 Å². The molecule has 1 atom stereocenters. The summed E-state index contributed by atoms with van der Waals surface area (Å²) in [4.78, 5) is 27.1. The predicted octanol–water partition coefficient (Wildman–Crippen LogP) is 5.37. The standard InChI is InChI=1S/C27H33N3O3S/c1-5-7-8-9-19-10-12-21(13-11-19)25(31)28-22-16-14-20(15-17-22)24-23(26(32)33-6-2)18(3)30(4)27(34)29-24/h10-17,24H,5-9H2,1-4H3,(H,28,31)(H,29,34)/t24-/m0/s1. The molecule has 1 aliphatic heterocycles. The molecule has 0 saturated carbocycles. The SMILES string of the molecule is CCCCCc1ccc(C(=O)Nc2ccc([C@@H]3NC(=S)N(C)C(C)=C3C(=O)OCC)cc2)cc1. The summed E-state index contributed by atoms with van der Waals surface area (Å²) in [6.45, 7) is 6.12. The summed E-state index contributed by atoms with van der Waals surface area (Å²) in [6, 6.07) is 14.8. The van der Waals surface area contributed by atoms with Gasteiger partial charge in [0.2, 0.25) is 0 Å². The van der Waals surface area contributed by atoms with E-state index in [0.717, 1.165) is 24.1 Å². The first-order valence-corrected chi connectivity index (χ1v) is 12.2. The summed E-state index contributed by atoms with van der Waals surface area (Å²) >= 11 is 5.43. The highest BCUT2D eigenvalue weighted by Gasteiger charge is 2.33. The Bertz CT molecular complexity index is 1060. The van der Waals surface area contributed by atoms with Crippen molar-refractivity contribution in [3.63, 3.8) is 0 Å². The minimum atomic E-state index is -0.423. The van der Waals surface area contributed by atoms with Crippen molar-refractivity contribution in [2.24, 2.45) is 0 Å². The van der Waals surface area contributed by atoms with Crippen molar-refractivity contribution < 1.29 is 14.3 Å². The highest BCUT2D eigenvalue weighted by Crippen LogP contribution is 2.31. The molecular weight excluding hydrogens is 446 g/mol. The van der Waals surface area contributed by atoms with E-state index in [2.05, 4.69) is 17.6 Å². The highest BCUT2D eigenvalue weighted by molar-refractivity contribution is 7.80. The molecule has 180 valence electrons. The maximum Gasteiger partial charge on any atom is 0.338 e. The second-order valence-corrected chi connectivity index (χ2v) is 8.78. The van der Waals surface area contributed by atoms with Gasteiger partial charge >= 0.3 is 5.97 Å². The Morgan fingerprint density at radius 3 is 2.35 bits per heavy atom. The summed E-state index contributed by atoms with van der Waals surface area (Å²) in [6.07, 6.45) is 4.61. The van der Waals surface area contributed by atoms with Crippen LogP contribution in [0.2, 0.25) is 0 Å². The number of nitrogens with zero attached hydrogens (tertiary/aromatic N) is 1. The van der Waals surface area contributed by atoms with Gasteiger partial charge in [0.1, 0.15) is 0 Å². The van der Waals surface area contributed by atoms with Gasteiger partial charge < -0.3 is 20.3 Å². The van der Waals surface area contributed by atoms with Crippen molar-refractivity contribution in [1.82, 2.24) is 10.2 Å². The van der Waals surface area contributed by atoms with Crippen LogP contribution >= 0.6 is 12.2 Å². The van der Waals surface area contributed by atoms with Crippen LogP contribution in [0.25, 0.3) is 0 Å². The average molecular weight is 480 g/mol. The minimum Gasteiger partial charge on any atom is -0.463 e. The number of thiocarbonyl (C=S) groups is 1. The molecule has 0 saturated heterocycles. The smallest absolute Gasteiger partial charge is 0.338 e. The Kier molecular flexibility index (Phi) is 8.82. The number of aryl methyl sites for hydroxylation is 1. The van der Waals surface area contributed by atoms with Gasteiger partial charge in [0, 0.05) is 24.0 Å². The fourth-order valence-corrected chi connectivity index (χ4v) is 4.18. The number of hydrogen-bond acceptors (Lipinski definition) is 4. The molecule has 0 bridgehead atoms. The van der Waals surface area contributed by atoms with Crippen LogP contribution in [0.3, 0.4) is 0 Å². The van der Waals surface area contributed by atoms with Crippen molar-refractivity contribution in [3.8, 4) is 0 Å². The van der Waals surface area contributed by atoms with Gasteiger partial charge in [0.05, 0.1) is 18.2 Å². The average Bonchev–Trinajstić information content (AvgIpc) is 2.83. The molecule has 1 heterocycles. The van der Waals surface area contributed by atoms with E-state index < -0.39 is 6.04 Å². The molecule has 1 aliphatic rings. The molecule has 0 fully saturated rings. The van der Waals surface area contributed by atoms with Crippen LogP contribution in [-0.4, -0.2) is 35.5 Å². The lowest BCUT2D eigenvalue weighted by Gasteiger charge is -2.35. The zero-order valence-electron chi connectivity index (χ0n) is 20.3. The predicted molar refractivity (Wildman–Crippen MR) is 140 cm³/mol. The summed E-state index contributed by atoms with van der Waals surface area (Å²) in [7, 11) is 1.82. The van der Waals surface area contributed by atoms with E-state index in [1.165, 1.54) is 18.4 Å². The largest absolute Gasteiger partial charge is 0.463 e. The van der Waals surface area contributed by atoms with Gasteiger partial charge in [-0.2, -0.15) is 0 Å². The van der Waals surface area contributed by atoms with Crippen LogP contribution in [-0.2, 0) is 16.0 Å². The van der Waals surface area contributed by atoms with Crippen LogP contribution < -0.4 is 10.6 Å². The molecule has 34 heavy (non-hydrogen) atoms. The number of ether oxygens (including phenoxy) is 1. The topological polar surface area (TPSA) is 70.7 Å². The third-order valence-corrected chi connectivity index (χ3v) is 6.43. The van der Waals surface area contributed by atoms with Gasteiger partial charge in [-0.15, -0.1) is 0 Å². The molecule has 0 spiro atoms. The summed E-state index contributed by atoms with van der Waals surface area (Å²) in [5.74, 6) is -0.531. The maximum absolute atomic E-state index is 12.7. The van der Waals surface area contributed by atoms with Crippen molar-refractivity contribution in [3.05, 3.63) is 76.5 Å². The lowest BCUT2D eigenvalue weighted by atomic mass is 9.95. The van der Waals surface area contributed by atoms with E-state index in [1.54, 1.807) is 11.8 Å². The molecule has 0 unspecified atom stereocenters. The van der Waals surface area contributed by atoms with Crippen LogP contribution in [0, 0.1) is 0 Å². The maximum atomic E-state index is 12.7. The molecule has 2 aromatic rings. The molecule has 3 rings (SSSR count). The lowest BCUT2D eigenvalue weighted by Crippen LogP contribution is -2.46. The lowest BCUT2D eigenvalue weighted by molar-refractivity contribution is -0.139. The van der Waals surface area contributed by atoms with Crippen LogP contribution in [0.15, 0.2) is 59.8 Å². The number of benzene rings is 2. The van der Waals surface area contributed by atoms with Gasteiger partial charge in [-0.3, -0.25) is 4.79 Å². The second kappa shape index (κ2) is 11.8. The zero-order valence-corrected chi connectivity index (χ0v) is 21.1. The summed E-state index contributed by atoms with van der Waals surface area (Å²) < 4.78 is 5.28. The molecule has 0 aromatic heterocycles. The molecule has 0 aliphatic carbocycles. The first-order chi connectivity index (χ1) is 16.3. The van der Waals surface area contributed by atoms with Crippen molar-refractivity contribution in [2.75, 3.05) is 19.0 Å². The Hall–Kier alpha value is -3.19. The van der Waals surface area contributed by atoms with Crippen molar-refractivity contribution in [1.29, 1.82) is 0 Å². The number of unbranched alkanes of at least 4 members (excludes halogenated alkanes) is 2. The minimum absolute atomic E-state index is 0.158. The second-order valence-electron chi connectivity index (χ2n) is 8.39. The van der Waals surface area contributed by atoms with Crippen LogP contribution in [0.1, 0.15) is 67.6 Å². The number of esters is 1. The molecule has 6 nitrogen and oxygen atoms in total. The van der Waals surface area contributed by atoms with Gasteiger partial charge in [0.15, 0.2) is 5.11 Å². The van der Waals surface area contributed by atoms with Crippen molar-refractivity contribution in [2.45, 2.75) is 52.5 Å². The van der Waals surface area contributed by atoms with Crippen LogP contribution in [0.4, 0.5) is 5.69 Å². The molecule has 7 heteroatoms. The zero-order chi connectivity index (χ0) is 24.7. The third-order valence-electron chi connectivity index (χ3n) is 6.04. The molecular formula is C27H33N3O3S. The fourth-order valence-electron chi connectivity index (χ4n) is 3.92. The van der Waals surface area contributed by atoms with Gasteiger partial charge in [-0.05, 0) is 74.3 Å². The highest BCUT2D eigenvalue weighted by atomic mass is 32.1. The van der Waals surface area contributed by atoms with E-state index in [4.69, 9.17) is 17.0 Å². The van der Waals surface area contributed by atoms with Crippen LogP contribution in [0.5, 0.6) is 0 Å². The van der Waals surface area contributed by atoms with Gasteiger partial charge in [-0.25, -0.2) is 4.79 Å². The van der Waals surface area contributed by atoms with E-state index in [-0.39, 0.29) is 11.9 Å². The number of carbonyl (C=O) groups is 2. The van der Waals surface area contributed by atoms with E-state index in [9.17, 15) is 9.59 Å². The Morgan fingerprint density at radius 2 is 1.74 bits per heavy atom. The number of anilines is 1. The Morgan fingerprint density at radius 1 is 1.06 bits per heavy atom. The number of allylic oxidation sites excluding steroid dienone is 1. The quantitative estimate of drug-likeness (QED) is 0.286. The summed E-state index contributed by atoms with van der Waals surface area (Å²) in [5.41, 5.74) is 4.67. The normalized spacial score (nSPS) is 15.7. The number of rotatable bonds is 9. The first kappa shape index (κ1) is 25.4. The van der Waals surface area contributed by atoms with E-state index >= 15 is 0 Å². The monoisotopic (exact) mass is 479 g/mol. The van der Waals surface area contributed by atoms with Gasteiger partial charge in [-0.1, -0.05) is 44.0 Å². The first-order valence-electron chi connectivity index (χ1n) is 11.8. The molecule has 2 N–H and O–H groups in total. The molecule has 0 radical (unpaired) electrons. The Labute approximate surface area is 207 Å².